The van der Waals surface area contributed by atoms with Gasteiger partial charge in [-0.05, 0) is 65.9 Å². The molecule has 0 radical (unpaired) electrons. The molecular weight excluding hydrogens is 484 g/mol. The van der Waals surface area contributed by atoms with Crippen molar-refractivity contribution in [3.63, 3.8) is 0 Å². The second-order valence-corrected chi connectivity index (χ2v) is 9.45. The molecule has 0 bridgehead atoms. The number of benzene rings is 4. The molecule has 0 unspecified atom stereocenters. The zero-order valence-electron chi connectivity index (χ0n) is 22.5. The third-order valence-corrected chi connectivity index (χ3v) is 6.41. The van der Waals surface area contributed by atoms with Crippen LogP contribution < -0.4 is 15.0 Å². The maximum absolute atomic E-state index is 13.3. The minimum Gasteiger partial charge on any atom is -0.497 e. The topological polar surface area (TPSA) is 58.6 Å². The number of hydrogen-bond acceptors (Lipinski definition) is 3. The molecule has 4 aromatic rings. The number of nitrogens with zero attached hydrogens (tertiary/aromatic N) is 1. The molecule has 0 aliphatic carbocycles. The van der Waals surface area contributed by atoms with Crippen LogP contribution in [0.25, 0.3) is 6.08 Å². The Morgan fingerprint density at radius 2 is 1.54 bits per heavy atom. The van der Waals surface area contributed by atoms with Gasteiger partial charge >= 0.3 is 0 Å². The van der Waals surface area contributed by atoms with Gasteiger partial charge in [0.1, 0.15) is 5.75 Å². The minimum atomic E-state index is -0.107. The largest absolute Gasteiger partial charge is 0.497 e. The summed E-state index contributed by atoms with van der Waals surface area (Å²) in [4.78, 5) is 27.6. The molecule has 0 saturated heterocycles. The van der Waals surface area contributed by atoms with E-state index in [0.29, 0.717) is 13.1 Å². The fourth-order valence-corrected chi connectivity index (χ4v) is 4.29. The molecule has 5 nitrogen and oxygen atoms in total. The number of nitrogens with one attached hydrogen (secondary N) is 1. The van der Waals surface area contributed by atoms with Crippen LogP contribution in [0.15, 0.2) is 109 Å². The number of amides is 2. The van der Waals surface area contributed by atoms with Crippen LogP contribution in [0.3, 0.4) is 0 Å². The molecule has 0 fully saturated rings. The SMILES string of the molecule is COc1ccc(CCNC(=O)Cc2ccc(N(Cc3cccc(C)c3)C(=O)/C=C/c3ccccc3)cc2)cc1. The lowest BCUT2D eigenvalue weighted by Gasteiger charge is -2.22. The maximum atomic E-state index is 13.3. The summed E-state index contributed by atoms with van der Waals surface area (Å²) >= 11 is 0. The molecular formula is C34H34N2O3. The van der Waals surface area contributed by atoms with E-state index in [-0.39, 0.29) is 18.2 Å². The van der Waals surface area contributed by atoms with E-state index in [0.717, 1.165) is 45.7 Å². The molecule has 1 N–H and O–H groups in total. The van der Waals surface area contributed by atoms with E-state index in [2.05, 4.69) is 11.4 Å². The Labute approximate surface area is 230 Å². The molecule has 0 saturated carbocycles. The van der Waals surface area contributed by atoms with Gasteiger partial charge in [-0.15, -0.1) is 0 Å². The van der Waals surface area contributed by atoms with Crippen LogP contribution in [0, 0.1) is 6.92 Å². The van der Waals surface area contributed by atoms with Gasteiger partial charge in [0.25, 0.3) is 5.91 Å². The average Bonchev–Trinajstić information content (AvgIpc) is 2.96. The molecule has 2 amide bonds. The van der Waals surface area contributed by atoms with E-state index >= 15 is 0 Å². The molecule has 0 spiro atoms. The first-order valence-corrected chi connectivity index (χ1v) is 13.1. The van der Waals surface area contributed by atoms with Gasteiger partial charge in [-0.3, -0.25) is 9.59 Å². The van der Waals surface area contributed by atoms with Crippen molar-refractivity contribution in [3.8, 4) is 5.75 Å². The summed E-state index contributed by atoms with van der Waals surface area (Å²) in [5, 5.41) is 2.99. The van der Waals surface area contributed by atoms with Crippen LogP contribution >= 0.6 is 0 Å². The van der Waals surface area contributed by atoms with Crippen LogP contribution in [0.2, 0.25) is 0 Å². The minimum absolute atomic E-state index is 0.0326. The van der Waals surface area contributed by atoms with E-state index in [9.17, 15) is 9.59 Å². The van der Waals surface area contributed by atoms with Gasteiger partial charge < -0.3 is 15.0 Å². The monoisotopic (exact) mass is 518 g/mol. The second-order valence-electron chi connectivity index (χ2n) is 9.45. The van der Waals surface area contributed by atoms with Crippen molar-refractivity contribution >= 4 is 23.6 Å². The fourth-order valence-electron chi connectivity index (χ4n) is 4.29. The van der Waals surface area contributed by atoms with Gasteiger partial charge in [0.2, 0.25) is 5.91 Å². The molecule has 5 heteroatoms. The Kier molecular flexibility index (Phi) is 9.68. The highest BCUT2D eigenvalue weighted by molar-refractivity contribution is 6.03. The Bertz CT molecular complexity index is 1390. The zero-order chi connectivity index (χ0) is 27.5. The van der Waals surface area contributed by atoms with Gasteiger partial charge in [-0.25, -0.2) is 0 Å². The molecule has 0 aliphatic heterocycles. The van der Waals surface area contributed by atoms with Crippen LogP contribution in [-0.4, -0.2) is 25.5 Å². The summed E-state index contributed by atoms with van der Waals surface area (Å²) in [6.07, 6.45) is 4.47. The van der Waals surface area contributed by atoms with E-state index in [1.165, 1.54) is 0 Å². The first-order valence-electron chi connectivity index (χ1n) is 13.1. The van der Waals surface area contributed by atoms with Crippen LogP contribution in [-0.2, 0) is 29.0 Å². The highest BCUT2D eigenvalue weighted by atomic mass is 16.5. The molecule has 198 valence electrons. The van der Waals surface area contributed by atoms with Gasteiger partial charge in [-0.2, -0.15) is 0 Å². The zero-order valence-corrected chi connectivity index (χ0v) is 22.5. The van der Waals surface area contributed by atoms with Crippen molar-refractivity contribution in [1.29, 1.82) is 0 Å². The van der Waals surface area contributed by atoms with E-state index in [1.807, 2.05) is 110 Å². The summed E-state index contributed by atoms with van der Waals surface area (Å²) in [5.41, 5.74) is 5.98. The van der Waals surface area contributed by atoms with Crippen molar-refractivity contribution in [1.82, 2.24) is 5.32 Å². The van der Waals surface area contributed by atoms with Gasteiger partial charge in [0.15, 0.2) is 0 Å². The number of ether oxygens (including phenoxy) is 1. The molecule has 0 atom stereocenters. The fraction of sp³-hybridized carbons (Fsp3) is 0.176. The Balaban J connectivity index is 1.39. The number of hydrogen-bond donors (Lipinski definition) is 1. The van der Waals surface area contributed by atoms with E-state index < -0.39 is 0 Å². The highest BCUT2D eigenvalue weighted by Crippen LogP contribution is 2.20. The molecule has 4 rings (SSSR count). The Morgan fingerprint density at radius 3 is 2.23 bits per heavy atom. The maximum Gasteiger partial charge on any atom is 0.251 e. The molecule has 4 aromatic carbocycles. The van der Waals surface area contributed by atoms with Crippen LogP contribution in [0.4, 0.5) is 5.69 Å². The summed E-state index contributed by atoms with van der Waals surface area (Å²) in [5.74, 6) is 0.678. The lowest BCUT2D eigenvalue weighted by atomic mass is 10.1. The standard InChI is InChI=1S/C34H34N2O3/c1-26-7-6-10-30(23-26)25-36(34(38)20-15-27-8-4-3-5-9-27)31-16-11-29(12-17-31)24-33(37)35-22-21-28-13-18-32(39-2)19-14-28/h3-20,23H,21-22,24-25H2,1-2H3,(H,35,37)/b20-15+. The molecule has 39 heavy (non-hydrogen) atoms. The van der Waals surface area contributed by atoms with Crippen molar-refractivity contribution in [2.75, 3.05) is 18.6 Å². The van der Waals surface area contributed by atoms with Crippen LogP contribution in [0.1, 0.15) is 27.8 Å². The lowest BCUT2D eigenvalue weighted by molar-refractivity contribution is -0.120. The quantitative estimate of drug-likeness (QED) is 0.242. The summed E-state index contributed by atoms with van der Waals surface area (Å²) in [6.45, 7) is 3.06. The average molecular weight is 519 g/mol. The normalized spacial score (nSPS) is 10.8. The van der Waals surface area contributed by atoms with E-state index in [1.54, 1.807) is 18.1 Å². The predicted octanol–water partition coefficient (Wildman–Crippen LogP) is 6.15. The number of anilines is 1. The number of methoxy groups -OCH3 is 1. The molecule has 0 heterocycles. The van der Waals surface area contributed by atoms with Crippen molar-refractivity contribution < 1.29 is 14.3 Å². The van der Waals surface area contributed by atoms with Crippen molar-refractivity contribution in [2.24, 2.45) is 0 Å². The van der Waals surface area contributed by atoms with Gasteiger partial charge in [0, 0.05) is 18.3 Å². The Morgan fingerprint density at radius 1 is 0.821 bits per heavy atom. The summed E-state index contributed by atoms with van der Waals surface area (Å²) in [7, 11) is 1.64. The molecule has 0 aromatic heterocycles. The summed E-state index contributed by atoms with van der Waals surface area (Å²) in [6, 6.07) is 33.4. The number of carbonyl (C=O) groups is 2. The lowest BCUT2D eigenvalue weighted by Crippen LogP contribution is -2.29. The number of carbonyl (C=O) groups excluding carboxylic acids is 2. The van der Waals surface area contributed by atoms with E-state index in [4.69, 9.17) is 4.74 Å². The third kappa shape index (κ3) is 8.44. The van der Waals surface area contributed by atoms with Crippen LogP contribution in [0.5, 0.6) is 5.75 Å². The smallest absolute Gasteiger partial charge is 0.251 e. The molecule has 0 aliphatic rings. The van der Waals surface area contributed by atoms with Gasteiger partial charge in [-0.1, -0.05) is 84.4 Å². The van der Waals surface area contributed by atoms with Crippen molar-refractivity contribution in [2.45, 2.75) is 26.3 Å². The first kappa shape index (κ1) is 27.4. The predicted molar refractivity (Wildman–Crippen MR) is 158 cm³/mol. The number of aryl methyl sites for hydroxylation is 1. The Hall–Kier alpha value is -4.64. The highest BCUT2D eigenvalue weighted by Gasteiger charge is 2.15. The van der Waals surface area contributed by atoms with Crippen molar-refractivity contribution in [3.05, 3.63) is 137 Å². The number of rotatable bonds is 11. The first-order chi connectivity index (χ1) is 19.0. The third-order valence-electron chi connectivity index (χ3n) is 6.41. The summed E-state index contributed by atoms with van der Waals surface area (Å²) < 4.78 is 5.18. The second kappa shape index (κ2) is 13.8. The van der Waals surface area contributed by atoms with Gasteiger partial charge in [0.05, 0.1) is 20.1 Å².